The van der Waals surface area contributed by atoms with Crippen LogP contribution in [0.4, 0.5) is 0 Å². The number of rotatable bonds is 1. The summed E-state index contributed by atoms with van der Waals surface area (Å²) in [5, 5.41) is 0. The highest BCUT2D eigenvalue weighted by molar-refractivity contribution is 6.06. The van der Waals surface area contributed by atoms with Gasteiger partial charge in [0.1, 0.15) is 7.05 Å². The number of nitrogens with zero attached hydrogens (tertiary/aromatic N) is 2. The van der Waals surface area contributed by atoms with E-state index in [9.17, 15) is 0 Å². The van der Waals surface area contributed by atoms with Crippen LogP contribution in [0.3, 0.4) is 0 Å². The zero-order chi connectivity index (χ0) is 21.7. The third kappa shape index (κ3) is 2.73. The van der Waals surface area contributed by atoms with Gasteiger partial charge in [0.15, 0.2) is 6.20 Å². The molecule has 1 heterocycles. The SMILES string of the molecule is Cc1ccc2c(c1-c1cncc[n+]1C)-c1ccccc1-c1ccccc1-c1ccccc1-2. The van der Waals surface area contributed by atoms with Crippen LogP contribution < -0.4 is 4.57 Å². The average Bonchev–Trinajstić information content (AvgIpc) is 2.84. The molecule has 0 atom stereocenters. The Hall–Kier alpha value is -4.04. The van der Waals surface area contributed by atoms with E-state index in [0.29, 0.717) is 0 Å². The molecule has 0 bridgehead atoms. The van der Waals surface area contributed by atoms with Gasteiger partial charge in [-0.25, -0.2) is 0 Å². The minimum Gasteiger partial charge on any atom is -0.252 e. The van der Waals surface area contributed by atoms with E-state index < -0.39 is 0 Å². The first-order chi connectivity index (χ1) is 15.7. The number of aromatic nitrogens is 2. The second-order valence-electron chi connectivity index (χ2n) is 8.39. The highest BCUT2D eigenvalue weighted by atomic mass is 14.9. The summed E-state index contributed by atoms with van der Waals surface area (Å²) in [6.07, 6.45) is 5.83. The molecule has 152 valence electrons. The van der Waals surface area contributed by atoms with Crippen LogP contribution in [0.2, 0.25) is 0 Å². The van der Waals surface area contributed by atoms with Gasteiger partial charge in [0, 0.05) is 5.56 Å². The van der Waals surface area contributed by atoms with Gasteiger partial charge < -0.3 is 0 Å². The van der Waals surface area contributed by atoms with E-state index in [-0.39, 0.29) is 0 Å². The largest absolute Gasteiger partial charge is 0.252 e. The maximum Gasteiger partial charge on any atom is 0.231 e. The van der Waals surface area contributed by atoms with Crippen molar-refractivity contribution in [1.82, 2.24) is 4.98 Å². The van der Waals surface area contributed by atoms with Crippen molar-refractivity contribution in [3.63, 3.8) is 0 Å². The molecule has 1 aliphatic rings. The summed E-state index contributed by atoms with van der Waals surface area (Å²) in [4.78, 5) is 4.47. The highest BCUT2D eigenvalue weighted by Crippen LogP contribution is 2.50. The van der Waals surface area contributed by atoms with Gasteiger partial charge in [0.2, 0.25) is 5.69 Å². The Morgan fingerprint density at radius 3 is 1.62 bits per heavy atom. The maximum atomic E-state index is 4.47. The lowest BCUT2D eigenvalue weighted by molar-refractivity contribution is -0.660. The first kappa shape index (κ1) is 18.7. The predicted octanol–water partition coefficient (Wildman–Crippen LogP) is 6.86. The van der Waals surface area contributed by atoms with Gasteiger partial charge in [-0.15, -0.1) is 0 Å². The van der Waals surface area contributed by atoms with Gasteiger partial charge >= 0.3 is 0 Å². The molecule has 0 N–H and O–H groups in total. The minimum absolute atomic E-state index is 1.11. The summed E-state index contributed by atoms with van der Waals surface area (Å²) in [7, 11) is 2.09. The van der Waals surface area contributed by atoms with Crippen LogP contribution in [-0.2, 0) is 7.05 Å². The topological polar surface area (TPSA) is 16.8 Å². The molecular weight excluding hydrogens is 388 g/mol. The molecule has 1 aromatic heterocycles. The average molecular weight is 412 g/mol. The minimum atomic E-state index is 1.11. The lowest BCUT2D eigenvalue weighted by Gasteiger charge is -2.25. The molecule has 6 rings (SSSR count). The van der Waals surface area contributed by atoms with Crippen molar-refractivity contribution in [2.75, 3.05) is 0 Å². The number of fused-ring (bicyclic) bond motifs is 8. The van der Waals surface area contributed by atoms with Gasteiger partial charge in [0.05, 0.1) is 18.0 Å². The lowest BCUT2D eigenvalue weighted by atomic mass is 9.78. The zero-order valence-electron chi connectivity index (χ0n) is 18.2. The second-order valence-corrected chi connectivity index (χ2v) is 8.39. The van der Waals surface area contributed by atoms with Crippen molar-refractivity contribution in [2.45, 2.75) is 6.92 Å². The van der Waals surface area contributed by atoms with Crippen LogP contribution in [0.25, 0.3) is 55.8 Å². The van der Waals surface area contributed by atoms with Crippen molar-refractivity contribution in [2.24, 2.45) is 7.05 Å². The normalized spacial score (nSPS) is 11.4. The quantitative estimate of drug-likeness (QED) is 0.270. The molecule has 0 radical (unpaired) electrons. The first-order valence-corrected chi connectivity index (χ1v) is 11.0. The van der Waals surface area contributed by atoms with Crippen molar-refractivity contribution >= 4 is 0 Å². The molecule has 0 aliphatic heterocycles. The van der Waals surface area contributed by atoms with Gasteiger partial charge in [0.25, 0.3) is 0 Å². The van der Waals surface area contributed by atoms with Crippen molar-refractivity contribution in [3.05, 3.63) is 109 Å². The van der Waals surface area contributed by atoms with Crippen LogP contribution in [0, 0.1) is 6.92 Å². The van der Waals surface area contributed by atoms with E-state index in [4.69, 9.17) is 0 Å². The molecule has 4 aromatic carbocycles. The fourth-order valence-corrected chi connectivity index (χ4v) is 5.05. The molecule has 0 spiro atoms. The van der Waals surface area contributed by atoms with E-state index in [1.807, 2.05) is 18.6 Å². The van der Waals surface area contributed by atoms with E-state index >= 15 is 0 Å². The molecule has 0 unspecified atom stereocenters. The Labute approximate surface area is 188 Å². The van der Waals surface area contributed by atoms with Crippen molar-refractivity contribution in [3.8, 4) is 55.8 Å². The summed E-state index contributed by atoms with van der Waals surface area (Å²) in [6, 6.07) is 30.9. The number of hydrogen-bond donors (Lipinski definition) is 0. The fraction of sp³-hybridized carbons (Fsp3) is 0.0667. The Balaban J connectivity index is 1.84. The van der Waals surface area contributed by atoms with E-state index in [2.05, 4.69) is 108 Å². The number of benzene rings is 4. The zero-order valence-corrected chi connectivity index (χ0v) is 18.2. The summed E-state index contributed by atoms with van der Waals surface area (Å²) >= 11 is 0. The monoisotopic (exact) mass is 411 g/mol. The Morgan fingerprint density at radius 2 is 1.06 bits per heavy atom. The summed E-state index contributed by atoms with van der Waals surface area (Å²) in [5.41, 5.74) is 13.7. The third-order valence-electron chi connectivity index (χ3n) is 6.54. The molecule has 0 saturated carbocycles. The maximum absolute atomic E-state index is 4.47. The Morgan fingerprint density at radius 1 is 0.562 bits per heavy atom. The van der Waals surface area contributed by atoms with Crippen LogP contribution in [0.5, 0.6) is 0 Å². The molecule has 32 heavy (non-hydrogen) atoms. The van der Waals surface area contributed by atoms with Gasteiger partial charge in [-0.3, -0.25) is 4.98 Å². The van der Waals surface area contributed by atoms with Crippen molar-refractivity contribution < 1.29 is 4.57 Å². The summed E-state index contributed by atoms with van der Waals surface area (Å²) in [5.74, 6) is 0. The molecule has 5 aromatic rings. The van der Waals surface area contributed by atoms with Gasteiger partial charge in [-0.1, -0.05) is 84.9 Å². The van der Waals surface area contributed by atoms with Gasteiger partial charge in [-0.2, -0.15) is 4.57 Å². The molecule has 2 nitrogen and oxygen atoms in total. The van der Waals surface area contributed by atoms with Gasteiger partial charge in [-0.05, 0) is 51.4 Å². The molecule has 1 aliphatic carbocycles. The smallest absolute Gasteiger partial charge is 0.231 e. The fourth-order valence-electron chi connectivity index (χ4n) is 5.05. The van der Waals surface area contributed by atoms with Crippen LogP contribution in [0.1, 0.15) is 5.56 Å². The lowest BCUT2D eigenvalue weighted by Crippen LogP contribution is -2.31. The number of hydrogen-bond acceptors (Lipinski definition) is 1. The predicted molar refractivity (Wildman–Crippen MR) is 131 cm³/mol. The van der Waals surface area contributed by atoms with E-state index in [1.165, 1.54) is 55.6 Å². The second kappa shape index (κ2) is 7.28. The first-order valence-electron chi connectivity index (χ1n) is 11.0. The highest BCUT2D eigenvalue weighted by Gasteiger charge is 2.27. The third-order valence-corrected chi connectivity index (χ3v) is 6.54. The van der Waals surface area contributed by atoms with Crippen LogP contribution in [0.15, 0.2) is 104 Å². The molecule has 2 heteroatoms. The Kier molecular flexibility index (Phi) is 4.26. The van der Waals surface area contributed by atoms with E-state index in [0.717, 1.165) is 5.69 Å². The van der Waals surface area contributed by atoms with E-state index in [1.54, 1.807) is 0 Å². The van der Waals surface area contributed by atoms with Crippen LogP contribution in [-0.4, -0.2) is 4.98 Å². The molecule has 0 amide bonds. The summed E-state index contributed by atoms with van der Waals surface area (Å²) < 4.78 is 2.16. The standard InChI is InChI=1S/C30H23N2/c1-20-15-16-27-25-13-6-5-11-23(25)21-9-3-4-10-22(21)24-12-7-8-14-26(24)30(27)29(20)28-19-31-17-18-32(28)2/h3-19H,1-2H3/q+1. The molecular formula is C30H23N2+. The summed E-state index contributed by atoms with van der Waals surface area (Å²) in [6.45, 7) is 2.20. The van der Waals surface area contributed by atoms with Crippen molar-refractivity contribution in [1.29, 1.82) is 0 Å². The molecule has 0 saturated heterocycles. The number of aryl methyl sites for hydroxylation is 2. The van der Waals surface area contributed by atoms with Crippen LogP contribution >= 0.6 is 0 Å². The Bertz CT molecular complexity index is 1490. The molecule has 0 fully saturated rings.